The molecule has 0 aromatic heterocycles. The summed E-state index contributed by atoms with van der Waals surface area (Å²) in [7, 11) is -3.69. The van der Waals surface area contributed by atoms with Gasteiger partial charge in [0.25, 0.3) is 15.9 Å². The summed E-state index contributed by atoms with van der Waals surface area (Å²) in [6.07, 6.45) is 0. The molecule has 0 spiro atoms. The lowest BCUT2D eigenvalue weighted by Gasteiger charge is -2.10. The van der Waals surface area contributed by atoms with Crippen molar-refractivity contribution in [2.75, 3.05) is 6.61 Å². The van der Waals surface area contributed by atoms with Crippen molar-refractivity contribution in [2.24, 2.45) is 4.99 Å². The van der Waals surface area contributed by atoms with E-state index in [-0.39, 0.29) is 10.7 Å². The molecule has 0 radical (unpaired) electrons. The normalized spacial score (nSPS) is 16.6. The van der Waals surface area contributed by atoms with Gasteiger partial charge >= 0.3 is 5.97 Å². The Hall–Kier alpha value is -3.20. The molecule has 2 N–H and O–H groups in total. The molecule has 2 aromatic carbocycles. The van der Waals surface area contributed by atoms with E-state index in [2.05, 4.69) is 15.0 Å². The first kappa shape index (κ1) is 20.5. The van der Waals surface area contributed by atoms with Gasteiger partial charge in [-0.3, -0.25) is 14.5 Å². The van der Waals surface area contributed by atoms with Crippen molar-refractivity contribution in [2.45, 2.75) is 31.3 Å². The van der Waals surface area contributed by atoms with Crippen LogP contribution < -0.4 is 10.0 Å². The van der Waals surface area contributed by atoms with Gasteiger partial charge in [-0.2, -0.15) is 0 Å². The molecule has 29 heavy (non-hydrogen) atoms. The molecule has 9 heteroatoms. The molecule has 0 bridgehead atoms. The van der Waals surface area contributed by atoms with Crippen molar-refractivity contribution in [1.82, 2.24) is 10.0 Å². The highest BCUT2D eigenvalue weighted by Gasteiger charge is 2.31. The molecule has 0 aliphatic carbocycles. The van der Waals surface area contributed by atoms with E-state index in [1.165, 1.54) is 13.0 Å². The molecule has 1 heterocycles. The van der Waals surface area contributed by atoms with Crippen LogP contribution in [0.5, 0.6) is 0 Å². The van der Waals surface area contributed by atoms with Gasteiger partial charge in [-0.1, -0.05) is 36.4 Å². The number of esters is 1. The maximum Gasteiger partial charge on any atom is 0.331 e. The Balaban J connectivity index is 1.55. The summed E-state index contributed by atoms with van der Waals surface area (Å²) in [4.78, 5) is 28.3. The molecule has 1 aliphatic heterocycles. The van der Waals surface area contributed by atoms with E-state index in [1.54, 1.807) is 18.2 Å². The van der Waals surface area contributed by atoms with Crippen molar-refractivity contribution in [3.63, 3.8) is 0 Å². The largest absolute Gasteiger partial charge is 0.454 e. The first-order valence-corrected chi connectivity index (χ1v) is 10.4. The van der Waals surface area contributed by atoms with Crippen LogP contribution >= 0.6 is 0 Å². The highest BCUT2D eigenvalue weighted by atomic mass is 32.2. The molecule has 2 aromatic rings. The minimum atomic E-state index is -3.69. The number of ether oxygens (including phenoxy) is 1. The van der Waals surface area contributed by atoms with Gasteiger partial charge in [-0.05, 0) is 37.1 Å². The maximum absolute atomic E-state index is 12.2. The van der Waals surface area contributed by atoms with E-state index in [0.717, 1.165) is 11.1 Å². The van der Waals surface area contributed by atoms with Crippen LogP contribution in [0.1, 0.15) is 23.6 Å². The van der Waals surface area contributed by atoms with Crippen molar-refractivity contribution in [1.29, 1.82) is 0 Å². The van der Waals surface area contributed by atoms with Gasteiger partial charge in [-0.25, -0.2) is 13.2 Å². The van der Waals surface area contributed by atoms with E-state index in [1.807, 2.05) is 31.2 Å². The van der Waals surface area contributed by atoms with Crippen LogP contribution in [0.4, 0.5) is 0 Å². The molecule has 0 saturated carbocycles. The molecule has 0 unspecified atom stereocenters. The van der Waals surface area contributed by atoms with Gasteiger partial charge in [0.05, 0.1) is 4.90 Å². The molecule has 1 atom stereocenters. The van der Waals surface area contributed by atoms with Gasteiger partial charge in [0.2, 0.25) is 0 Å². The second-order valence-corrected chi connectivity index (χ2v) is 8.22. The number of fused-ring (bicyclic) bond motifs is 1. The number of hydrogen-bond donors (Lipinski definition) is 2. The monoisotopic (exact) mass is 415 g/mol. The average molecular weight is 415 g/mol. The molecule has 1 aliphatic rings. The van der Waals surface area contributed by atoms with Crippen molar-refractivity contribution in [3.05, 3.63) is 65.2 Å². The number of nitrogens with one attached hydrogen (secondary N) is 2. The minimum absolute atomic E-state index is 0.0778. The highest BCUT2D eigenvalue weighted by Crippen LogP contribution is 2.22. The number of carbonyl (C=O) groups is 2. The number of hydrogen-bond acceptors (Lipinski definition) is 6. The van der Waals surface area contributed by atoms with Crippen LogP contribution in [0.15, 0.2) is 58.4 Å². The first-order chi connectivity index (χ1) is 13.8. The first-order valence-electron chi connectivity index (χ1n) is 8.96. The smallest absolute Gasteiger partial charge is 0.331 e. The molecule has 0 fully saturated rings. The van der Waals surface area contributed by atoms with E-state index in [4.69, 9.17) is 4.74 Å². The number of aryl methyl sites for hydroxylation is 1. The van der Waals surface area contributed by atoms with Crippen molar-refractivity contribution in [3.8, 4) is 0 Å². The SMILES string of the molecule is Cc1ccccc1CNC(=O)COC(=O)[C@H](C)N=C1NS(=O)(=O)c2ccccc21. The number of amidine groups is 1. The maximum atomic E-state index is 12.2. The Morgan fingerprint density at radius 1 is 1.14 bits per heavy atom. The van der Waals surface area contributed by atoms with Gasteiger partial charge in [-0.15, -0.1) is 0 Å². The molecule has 152 valence electrons. The summed E-state index contributed by atoms with van der Waals surface area (Å²) in [5, 5.41) is 2.69. The second-order valence-electron chi connectivity index (χ2n) is 6.57. The third-order valence-corrected chi connectivity index (χ3v) is 5.81. The lowest BCUT2D eigenvalue weighted by atomic mass is 10.1. The Kier molecular flexibility index (Phi) is 5.97. The third-order valence-electron chi connectivity index (χ3n) is 4.41. The summed E-state index contributed by atoms with van der Waals surface area (Å²) in [5.74, 6) is -1.09. The number of amides is 1. The average Bonchev–Trinajstić information content (AvgIpc) is 2.95. The predicted octanol–water partition coefficient (Wildman–Crippen LogP) is 1.28. The summed E-state index contributed by atoms with van der Waals surface area (Å²) in [6.45, 7) is 3.30. The number of aliphatic imine (C=N–C) groups is 1. The van der Waals surface area contributed by atoms with Gasteiger partial charge in [0.1, 0.15) is 11.9 Å². The lowest BCUT2D eigenvalue weighted by molar-refractivity contribution is -0.149. The number of nitrogens with zero attached hydrogens (tertiary/aromatic N) is 1. The Labute approximate surface area is 169 Å². The third kappa shape index (κ3) is 4.80. The van der Waals surface area contributed by atoms with Crippen LogP contribution in [-0.4, -0.2) is 38.8 Å². The van der Waals surface area contributed by atoms with Crippen LogP contribution in [0.2, 0.25) is 0 Å². The number of carbonyl (C=O) groups excluding carboxylic acids is 2. The molecule has 8 nitrogen and oxygen atoms in total. The zero-order chi connectivity index (χ0) is 21.0. The Morgan fingerprint density at radius 3 is 2.59 bits per heavy atom. The number of rotatable bonds is 6. The van der Waals surface area contributed by atoms with Crippen LogP contribution in [-0.2, 0) is 30.9 Å². The summed E-state index contributed by atoms with van der Waals surface area (Å²) < 4.78 is 31.5. The summed E-state index contributed by atoms with van der Waals surface area (Å²) >= 11 is 0. The molecular weight excluding hydrogens is 394 g/mol. The van der Waals surface area contributed by atoms with Crippen LogP contribution in [0, 0.1) is 6.92 Å². The van der Waals surface area contributed by atoms with Gasteiger partial charge in [0.15, 0.2) is 6.61 Å². The topological polar surface area (TPSA) is 114 Å². The molecule has 0 saturated heterocycles. The molecule has 1 amide bonds. The summed E-state index contributed by atoms with van der Waals surface area (Å²) in [6, 6.07) is 13.0. The second kappa shape index (κ2) is 8.44. The lowest BCUT2D eigenvalue weighted by Crippen LogP contribution is -2.31. The minimum Gasteiger partial charge on any atom is -0.454 e. The Bertz CT molecular complexity index is 1080. The van der Waals surface area contributed by atoms with Crippen LogP contribution in [0.25, 0.3) is 0 Å². The fraction of sp³-hybridized carbons (Fsp3) is 0.250. The predicted molar refractivity (Wildman–Crippen MR) is 107 cm³/mol. The number of sulfonamides is 1. The highest BCUT2D eigenvalue weighted by molar-refractivity contribution is 7.90. The fourth-order valence-corrected chi connectivity index (χ4v) is 4.03. The summed E-state index contributed by atoms with van der Waals surface area (Å²) in [5.41, 5.74) is 2.41. The fourth-order valence-electron chi connectivity index (χ4n) is 2.79. The van der Waals surface area contributed by atoms with Crippen LogP contribution in [0.3, 0.4) is 0 Å². The van der Waals surface area contributed by atoms with E-state index in [0.29, 0.717) is 12.1 Å². The van der Waals surface area contributed by atoms with Gasteiger partial charge < -0.3 is 10.1 Å². The number of benzene rings is 2. The zero-order valence-electron chi connectivity index (χ0n) is 16.0. The van der Waals surface area contributed by atoms with E-state index in [9.17, 15) is 18.0 Å². The standard InChI is InChI=1S/C20H21N3O5S/c1-13-7-3-4-8-15(13)11-21-18(24)12-28-20(25)14(2)22-19-16-9-5-6-10-17(16)29(26,27)23-19/h3-10,14H,11-12H2,1-2H3,(H,21,24)(H,22,23)/t14-/m0/s1. The Morgan fingerprint density at radius 2 is 1.83 bits per heavy atom. The molecule has 3 rings (SSSR count). The quantitative estimate of drug-likeness (QED) is 0.690. The van der Waals surface area contributed by atoms with Crippen molar-refractivity contribution < 1.29 is 22.7 Å². The van der Waals surface area contributed by atoms with E-state index >= 15 is 0 Å². The zero-order valence-corrected chi connectivity index (χ0v) is 16.8. The van der Waals surface area contributed by atoms with Gasteiger partial charge in [0, 0.05) is 12.1 Å². The van der Waals surface area contributed by atoms with Crippen molar-refractivity contribution >= 4 is 27.7 Å². The van der Waals surface area contributed by atoms with E-state index < -0.39 is 34.5 Å². The molecular formula is C20H21N3O5S.